The molecule has 1 amide bonds. The molecule has 1 saturated heterocycles. The first kappa shape index (κ1) is 17.6. The summed E-state index contributed by atoms with van der Waals surface area (Å²) in [6.07, 6.45) is 5.10. The summed E-state index contributed by atoms with van der Waals surface area (Å²) in [6.45, 7) is 5.69. The van der Waals surface area contributed by atoms with E-state index in [1.165, 1.54) is 16.3 Å². The molecule has 148 valence electrons. The molecule has 7 nitrogen and oxygen atoms in total. The average Bonchev–Trinajstić information content (AvgIpc) is 3.08. The van der Waals surface area contributed by atoms with Crippen molar-refractivity contribution in [1.29, 1.82) is 0 Å². The SMILES string of the molecule is O=C(CC[N+]12CCN=C1C2)Nc1sc2c(c1-c1nc3cnccc3s1)CCNC2. The molecular weight excluding hydrogens is 404 g/mol. The Morgan fingerprint density at radius 2 is 2.31 bits per heavy atom. The van der Waals surface area contributed by atoms with Crippen LogP contribution in [0.1, 0.15) is 16.9 Å². The number of aromatic nitrogens is 2. The zero-order chi connectivity index (χ0) is 19.4. The first-order valence-corrected chi connectivity index (χ1v) is 11.6. The number of rotatable bonds is 5. The van der Waals surface area contributed by atoms with Crippen LogP contribution in [0.15, 0.2) is 23.5 Å². The molecule has 1 fully saturated rings. The van der Waals surface area contributed by atoms with E-state index < -0.39 is 0 Å². The van der Waals surface area contributed by atoms with Crippen LogP contribution < -0.4 is 10.6 Å². The normalized spacial score (nSPS) is 22.3. The van der Waals surface area contributed by atoms with E-state index in [1.54, 1.807) is 28.9 Å². The number of nitrogens with one attached hydrogen (secondary N) is 2. The van der Waals surface area contributed by atoms with Gasteiger partial charge in [-0.1, -0.05) is 0 Å². The third kappa shape index (κ3) is 3.00. The van der Waals surface area contributed by atoms with E-state index in [-0.39, 0.29) is 5.91 Å². The van der Waals surface area contributed by atoms with Crippen LogP contribution in [0, 0.1) is 0 Å². The van der Waals surface area contributed by atoms with Crippen molar-refractivity contribution in [2.24, 2.45) is 4.99 Å². The van der Waals surface area contributed by atoms with Gasteiger partial charge in [0.1, 0.15) is 22.1 Å². The molecule has 0 bridgehead atoms. The number of thiazole rings is 1. The van der Waals surface area contributed by atoms with E-state index >= 15 is 0 Å². The zero-order valence-corrected chi connectivity index (χ0v) is 17.5. The van der Waals surface area contributed by atoms with E-state index in [0.717, 1.165) is 76.0 Å². The lowest BCUT2D eigenvalue weighted by molar-refractivity contribution is -0.745. The van der Waals surface area contributed by atoms with Crippen LogP contribution in [0.3, 0.4) is 0 Å². The largest absolute Gasteiger partial charge is 0.317 e. The fourth-order valence-corrected chi connectivity index (χ4v) is 6.69. The number of amidine groups is 1. The van der Waals surface area contributed by atoms with Crippen LogP contribution in [0.2, 0.25) is 0 Å². The number of aliphatic imine (C=N–C) groups is 1. The molecule has 3 aromatic heterocycles. The fraction of sp³-hybridized carbons (Fsp3) is 0.400. The van der Waals surface area contributed by atoms with Gasteiger partial charge in [0.2, 0.25) is 5.91 Å². The number of pyridine rings is 1. The van der Waals surface area contributed by atoms with E-state index in [9.17, 15) is 4.79 Å². The maximum atomic E-state index is 12.8. The van der Waals surface area contributed by atoms with Crippen molar-refractivity contribution in [1.82, 2.24) is 15.3 Å². The van der Waals surface area contributed by atoms with Crippen LogP contribution >= 0.6 is 22.7 Å². The van der Waals surface area contributed by atoms with Gasteiger partial charge in [-0.2, -0.15) is 0 Å². The van der Waals surface area contributed by atoms with Gasteiger partial charge in [-0.15, -0.1) is 22.7 Å². The standard InChI is InChI=1S/C20H20N6OS2/c27-17(3-7-26-8-6-23-16(26)11-26)25-20-18(12-1-4-22-10-15(12)29-20)19-24-13-9-21-5-2-14(13)28-19/h2,5,9,22H,1,3-4,6-8,10-11H2/p+1. The molecule has 29 heavy (non-hydrogen) atoms. The van der Waals surface area contributed by atoms with E-state index in [1.807, 2.05) is 12.3 Å². The molecule has 9 heteroatoms. The maximum absolute atomic E-state index is 12.8. The Labute approximate surface area is 176 Å². The molecule has 2 N–H and O–H groups in total. The molecule has 1 atom stereocenters. The summed E-state index contributed by atoms with van der Waals surface area (Å²) in [5, 5.41) is 8.58. The second kappa shape index (κ2) is 6.66. The van der Waals surface area contributed by atoms with E-state index in [2.05, 4.69) is 20.6 Å². The Morgan fingerprint density at radius 1 is 1.34 bits per heavy atom. The number of carbonyl (C=O) groups is 1. The molecule has 0 spiro atoms. The molecule has 0 aromatic carbocycles. The van der Waals surface area contributed by atoms with Gasteiger partial charge in [0.25, 0.3) is 5.84 Å². The maximum Gasteiger partial charge on any atom is 0.255 e. The van der Waals surface area contributed by atoms with Crippen molar-refractivity contribution < 1.29 is 9.28 Å². The Morgan fingerprint density at radius 3 is 3.14 bits per heavy atom. The van der Waals surface area contributed by atoms with Crippen LogP contribution in [0.25, 0.3) is 20.8 Å². The van der Waals surface area contributed by atoms with Crippen molar-refractivity contribution in [3.05, 3.63) is 28.9 Å². The Kier molecular flexibility index (Phi) is 4.05. The van der Waals surface area contributed by atoms with Gasteiger partial charge in [0.05, 0.1) is 30.4 Å². The Balaban J connectivity index is 1.30. The highest BCUT2D eigenvalue weighted by molar-refractivity contribution is 7.22. The van der Waals surface area contributed by atoms with Crippen LogP contribution in [-0.4, -0.2) is 58.9 Å². The summed E-state index contributed by atoms with van der Waals surface area (Å²) in [5.41, 5.74) is 3.36. The highest BCUT2D eigenvalue weighted by Crippen LogP contribution is 2.44. The highest BCUT2D eigenvalue weighted by Gasteiger charge is 2.55. The number of nitrogens with zero attached hydrogens (tertiary/aromatic N) is 4. The van der Waals surface area contributed by atoms with Crippen molar-refractivity contribution in [2.75, 3.05) is 38.0 Å². The average molecular weight is 426 g/mol. The molecule has 3 aromatic rings. The lowest BCUT2D eigenvalue weighted by Gasteiger charge is -2.13. The van der Waals surface area contributed by atoms with Crippen molar-refractivity contribution in [3.63, 3.8) is 0 Å². The smallest absolute Gasteiger partial charge is 0.255 e. The quantitative estimate of drug-likeness (QED) is 0.487. The van der Waals surface area contributed by atoms with Gasteiger partial charge in [0.15, 0.2) is 6.54 Å². The molecule has 1 unspecified atom stereocenters. The minimum absolute atomic E-state index is 0.0891. The topological polar surface area (TPSA) is 79.3 Å². The Hall–Kier alpha value is -2.20. The second-order valence-electron chi connectivity index (χ2n) is 7.84. The molecule has 3 aliphatic heterocycles. The van der Waals surface area contributed by atoms with E-state index in [4.69, 9.17) is 4.98 Å². The number of carbonyl (C=O) groups excluding carboxylic acids is 1. The number of quaternary nitrogens is 1. The molecule has 0 radical (unpaired) electrons. The van der Waals surface area contributed by atoms with E-state index in [0.29, 0.717) is 6.42 Å². The summed E-state index contributed by atoms with van der Waals surface area (Å²) < 4.78 is 2.06. The van der Waals surface area contributed by atoms with Gasteiger partial charge < -0.3 is 10.6 Å². The molecule has 0 aliphatic carbocycles. The molecule has 6 heterocycles. The minimum atomic E-state index is 0.0891. The molecule has 6 rings (SSSR count). The fourth-order valence-electron chi connectivity index (χ4n) is 4.37. The van der Waals surface area contributed by atoms with Gasteiger partial charge in [-0.3, -0.25) is 14.3 Å². The predicted octanol–water partition coefficient (Wildman–Crippen LogP) is 2.64. The number of hydrogen-bond donors (Lipinski definition) is 2. The van der Waals surface area contributed by atoms with Gasteiger partial charge in [-0.25, -0.2) is 9.98 Å². The predicted molar refractivity (Wildman–Crippen MR) is 117 cm³/mol. The molecule has 3 aliphatic rings. The third-order valence-electron chi connectivity index (χ3n) is 6.06. The van der Waals surface area contributed by atoms with Gasteiger partial charge >= 0.3 is 0 Å². The monoisotopic (exact) mass is 425 g/mol. The summed E-state index contributed by atoms with van der Waals surface area (Å²) in [5.74, 6) is 1.37. The first-order chi connectivity index (χ1) is 14.2. The summed E-state index contributed by atoms with van der Waals surface area (Å²) in [6, 6.07) is 2.00. The third-order valence-corrected chi connectivity index (χ3v) is 8.26. The van der Waals surface area contributed by atoms with Crippen molar-refractivity contribution in [3.8, 4) is 10.6 Å². The van der Waals surface area contributed by atoms with Gasteiger partial charge in [0, 0.05) is 23.2 Å². The second-order valence-corrected chi connectivity index (χ2v) is 9.98. The summed E-state index contributed by atoms with van der Waals surface area (Å²) in [7, 11) is 0. The first-order valence-electron chi connectivity index (χ1n) is 9.98. The van der Waals surface area contributed by atoms with Crippen LogP contribution in [-0.2, 0) is 17.8 Å². The molecule has 0 saturated carbocycles. The van der Waals surface area contributed by atoms with Crippen molar-refractivity contribution in [2.45, 2.75) is 19.4 Å². The van der Waals surface area contributed by atoms with Crippen LogP contribution in [0.5, 0.6) is 0 Å². The molecular formula is C20H21N6OS2+. The van der Waals surface area contributed by atoms with Gasteiger partial charge in [-0.05, 0) is 24.6 Å². The highest BCUT2D eigenvalue weighted by atomic mass is 32.1. The number of fused-ring (bicyclic) bond motifs is 3. The number of amides is 1. The minimum Gasteiger partial charge on any atom is -0.317 e. The lowest BCUT2D eigenvalue weighted by Crippen LogP contribution is -2.31. The number of thiophene rings is 1. The number of hydrogen-bond acceptors (Lipinski definition) is 7. The summed E-state index contributed by atoms with van der Waals surface area (Å²) >= 11 is 3.36. The van der Waals surface area contributed by atoms with Crippen LogP contribution in [0.4, 0.5) is 5.00 Å². The van der Waals surface area contributed by atoms with Crippen molar-refractivity contribution >= 4 is 49.6 Å². The zero-order valence-electron chi connectivity index (χ0n) is 15.9. The Bertz CT molecular complexity index is 1130. The number of anilines is 1. The summed E-state index contributed by atoms with van der Waals surface area (Å²) in [4.78, 5) is 27.6. The lowest BCUT2D eigenvalue weighted by atomic mass is 10.0.